The van der Waals surface area contributed by atoms with Crippen molar-refractivity contribution >= 4 is 23.1 Å². The van der Waals surface area contributed by atoms with Gasteiger partial charge in [-0.05, 0) is 29.8 Å². The number of pyridine rings is 1. The quantitative estimate of drug-likeness (QED) is 0.796. The molecular weight excluding hydrogens is 306 g/mol. The van der Waals surface area contributed by atoms with E-state index < -0.39 is 0 Å². The first kappa shape index (κ1) is 16.0. The van der Waals surface area contributed by atoms with Crippen LogP contribution >= 0.6 is 11.6 Å². The maximum Gasteiger partial charge on any atom is 0.203 e. The van der Waals surface area contributed by atoms with Crippen molar-refractivity contribution in [3.05, 3.63) is 35.0 Å². The van der Waals surface area contributed by atoms with Crippen molar-refractivity contribution in [3.8, 4) is 17.2 Å². The molecule has 0 saturated carbocycles. The molecule has 1 heterocycles. The van der Waals surface area contributed by atoms with Gasteiger partial charge in [0.15, 0.2) is 11.5 Å². The van der Waals surface area contributed by atoms with E-state index in [1.54, 1.807) is 33.5 Å². The molecule has 0 saturated heterocycles. The molecule has 118 valence electrons. The summed E-state index contributed by atoms with van der Waals surface area (Å²) in [6.07, 6.45) is 0. The molecule has 0 atom stereocenters. The molecule has 0 radical (unpaired) electrons. The molecule has 2 rings (SSSR count). The number of ether oxygens (including phenoxy) is 3. The van der Waals surface area contributed by atoms with Crippen LogP contribution in [0.3, 0.4) is 0 Å². The second-order valence-corrected chi connectivity index (χ2v) is 4.84. The van der Waals surface area contributed by atoms with Crippen molar-refractivity contribution in [3.63, 3.8) is 0 Å². The molecule has 6 nitrogen and oxygen atoms in total. The number of hydrogen-bond acceptors (Lipinski definition) is 6. The molecule has 1 aromatic heterocycles. The van der Waals surface area contributed by atoms with Gasteiger partial charge >= 0.3 is 0 Å². The van der Waals surface area contributed by atoms with Crippen LogP contribution in [0.15, 0.2) is 24.3 Å². The summed E-state index contributed by atoms with van der Waals surface area (Å²) in [4.78, 5) is 3.99. The Labute approximate surface area is 134 Å². The van der Waals surface area contributed by atoms with Crippen molar-refractivity contribution in [1.82, 2.24) is 4.98 Å². The molecule has 0 aliphatic carbocycles. The summed E-state index contributed by atoms with van der Waals surface area (Å²) in [5.74, 6) is 2.10. The molecule has 0 aliphatic heterocycles. The van der Waals surface area contributed by atoms with E-state index in [9.17, 15) is 0 Å². The smallest absolute Gasteiger partial charge is 0.203 e. The lowest BCUT2D eigenvalue weighted by Gasteiger charge is -2.15. The van der Waals surface area contributed by atoms with Crippen LogP contribution in [0.5, 0.6) is 17.2 Å². The normalized spacial score (nSPS) is 10.2. The van der Waals surface area contributed by atoms with E-state index in [4.69, 9.17) is 31.5 Å². The van der Waals surface area contributed by atoms with E-state index in [0.717, 1.165) is 5.56 Å². The number of rotatable bonds is 6. The van der Waals surface area contributed by atoms with Crippen LogP contribution in [0.4, 0.5) is 11.5 Å². The van der Waals surface area contributed by atoms with Crippen LogP contribution in [0, 0.1) is 0 Å². The van der Waals surface area contributed by atoms with Crippen molar-refractivity contribution in [2.24, 2.45) is 0 Å². The Morgan fingerprint density at radius 2 is 1.73 bits per heavy atom. The Hall–Kier alpha value is -2.34. The van der Waals surface area contributed by atoms with E-state index in [2.05, 4.69) is 10.3 Å². The molecule has 0 bridgehead atoms. The number of hydrogen-bond donors (Lipinski definition) is 2. The van der Waals surface area contributed by atoms with E-state index in [1.807, 2.05) is 12.1 Å². The number of anilines is 2. The fraction of sp³-hybridized carbons (Fsp3) is 0.267. The summed E-state index contributed by atoms with van der Waals surface area (Å²) in [6.45, 7) is 0.518. The van der Waals surface area contributed by atoms with E-state index >= 15 is 0 Å². The second kappa shape index (κ2) is 7.09. The summed E-state index contributed by atoms with van der Waals surface area (Å²) in [5, 5.41) is 3.56. The molecule has 0 spiro atoms. The first-order valence-corrected chi connectivity index (χ1v) is 6.91. The summed E-state index contributed by atoms with van der Waals surface area (Å²) in [5.41, 5.74) is 7.47. The van der Waals surface area contributed by atoms with Gasteiger partial charge in [0, 0.05) is 6.54 Å². The molecule has 0 unspecified atom stereocenters. The largest absolute Gasteiger partial charge is 0.493 e. The van der Waals surface area contributed by atoms with E-state index in [0.29, 0.717) is 40.5 Å². The van der Waals surface area contributed by atoms with Crippen molar-refractivity contribution in [2.75, 3.05) is 32.4 Å². The zero-order valence-corrected chi connectivity index (χ0v) is 13.4. The lowest BCUT2D eigenvalue weighted by molar-refractivity contribution is 0.324. The van der Waals surface area contributed by atoms with Crippen LogP contribution in [0.25, 0.3) is 0 Å². The summed E-state index contributed by atoms with van der Waals surface area (Å²) >= 11 is 5.78. The molecule has 2 aromatic rings. The first-order chi connectivity index (χ1) is 10.6. The van der Waals surface area contributed by atoms with Crippen LogP contribution in [-0.2, 0) is 6.54 Å². The Bertz CT molecular complexity index is 639. The molecule has 0 fully saturated rings. The average Bonchev–Trinajstić information content (AvgIpc) is 2.52. The van der Waals surface area contributed by atoms with Crippen molar-refractivity contribution in [2.45, 2.75) is 6.54 Å². The highest BCUT2D eigenvalue weighted by Crippen LogP contribution is 2.38. The number of nitrogens with zero attached hydrogens (tertiary/aromatic N) is 1. The first-order valence-electron chi connectivity index (χ1n) is 6.53. The number of nitrogens with one attached hydrogen (secondary N) is 1. The van der Waals surface area contributed by atoms with Crippen LogP contribution < -0.4 is 25.3 Å². The number of aromatic nitrogens is 1. The molecule has 0 aliphatic rings. The number of halogens is 1. The SMILES string of the molecule is COc1cc(CNc2ccc(Cl)nc2N)cc(OC)c1OC. The fourth-order valence-electron chi connectivity index (χ4n) is 2.03. The van der Waals surface area contributed by atoms with Crippen LogP contribution in [0.1, 0.15) is 5.56 Å². The molecule has 1 aromatic carbocycles. The fourth-order valence-corrected chi connectivity index (χ4v) is 2.19. The zero-order valence-electron chi connectivity index (χ0n) is 12.6. The highest BCUT2D eigenvalue weighted by molar-refractivity contribution is 6.29. The van der Waals surface area contributed by atoms with Gasteiger partial charge in [-0.25, -0.2) is 4.98 Å². The second-order valence-electron chi connectivity index (χ2n) is 4.45. The molecule has 0 amide bonds. The van der Waals surface area contributed by atoms with Gasteiger partial charge in [-0.2, -0.15) is 0 Å². The van der Waals surface area contributed by atoms with Crippen LogP contribution in [-0.4, -0.2) is 26.3 Å². The van der Waals surface area contributed by atoms with Gasteiger partial charge in [-0.3, -0.25) is 0 Å². The zero-order chi connectivity index (χ0) is 16.1. The summed E-state index contributed by atoms with van der Waals surface area (Å²) < 4.78 is 15.9. The summed E-state index contributed by atoms with van der Waals surface area (Å²) in [6, 6.07) is 7.19. The van der Waals surface area contributed by atoms with Gasteiger partial charge in [-0.15, -0.1) is 0 Å². The third kappa shape index (κ3) is 3.46. The maximum atomic E-state index is 5.82. The monoisotopic (exact) mass is 323 g/mol. The van der Waals surface area contributed by atoms with Gasteiger partial charge in [0.05, 0.1) is 27.0 Å². The Balaban J connectivity index is 2.22. The standard InChI is InChI=1S/C15H18ClN3O3/c1-20-11-6-9(7-12(21-2)14(11)22-3)8-18-10-4-5-13(16)19-15(10)17/h4-7,18H,8H2,1-3H3,(H2,17,19). The molecule has 3 N–H and O–H groups in total. The average molecular weight is 324 g/mol. The van der Waals surface area contributed by atoms with Gasteiger partial charge in [0.1, 0.15) is 11.0 Å². The lowest BCUT2D eigenvalue weighted by Crippen LogP contribution is -2.05. The van der Waals surface area contributed by atoms with Gasteiger partial charge < -0.3 is 25.3 Å². The van der Waals surface area contributed by atoms with E-state index in [1.165, 1.54) is 0 Å². The Kier molecular flexibility index (Phi) is 5.16. The van der Waals surface area contributed by atoms with Crippen LogP contribution in [0.2, 0.25) is 5.15 Å². The van der Waals surface area contributed by atoms with Gasteiger partial charge in [-0.1, -0.05) is 11.6 Å². The maximum absolute atomic E-state index is 5.82. The van der Waals surface area contributed by atoms with Gasteiger partial charge in [0.2, 0.25) is 5.75 Å². The Morgan fingerprint density at radius 3 is 2.23 bits per heavy atom. The number of nitrogen functional groups attached to an aromatic ring is 1. The van der Waals surface area contributed by atoms with E-state index in [-0.39, 0.29) is 0 Å². The minimum absolute atomic E-state index is 0.347. The molecule has 22 heavy (non-hydrogen) atoms. The Morgan fingerprint density at radius 1 is 1.09 bits per heavy atom. The van der Waals surface area contributed by atoms with Gasteiger partial charge in [0.25, 0.3) is 0 Å². The lowest BCUT2D eigenvalue weighted by atomic mass is 10.1. The van der Waals surface area contributed by atoms with Crippen molar-refractivity contribution in [1.29, 1.82) is 0 Å². The minimum Gasteiger partial charge on any atom is -0.493 e. The molecule has 7 heteroatoms. The third-order valence-corrected chi connectivity index (χ3v) is 3.31. The summed E-state index contributed by atoms with van der Waals surface area (Å²) in [7, 11) is 4.73. The minimum atomic E-state index is 0.347. The molecular formula is C15H18ClN3O3. The predicted molar refractivity (Wildman–Crippen MR) is 87.1 cm³/mol. The third-order valence-electron chi connectivity index (χ3n) is 3.10. The highest BCUT2D eigenvalue weighted by Gasteiger charge is 2.13. The predicted octanol–water partition coefficient (Wildman–Crippen LogP) is 2.96. The number of nitrogens with two attached hydrogens (primary N) is 1. The topological polar surface area (TPSA) is 78.6 Å². The number of methoxy groups -OCH3 is 3. The highest BCUT2D eigenvalue weighted by atomic mass is 35.5. The number of benzene rings is 1. The van der Waals surface area contributed by atoms with Crippen molar-refractivity contribution < 1.29 is 14.2 Å².